The van der Waals surface area contributed by atoms with Crippen LogP contribution in [0.25, 0.3) is 0 Å². The van der Waals surface area contributed by atoms with Gasteiger partial charge < -0.3 is 14.8 Å². The summed E-state index contributed by atoms with van der Waals surface area (Å²) < 4.78 is 11.1. The molecule has 25 heavy (non-hydrogen) atoms. The molecule has 0 saturated carbocycles. The van der Waals surface area contributed by atoms with E-state index in [1.807, 2.05) is 72.8 Å². The molecule has 0 aliphatic carbocycles. The number of hydrogen-bond acceptors (Lipinski definition) is 4. The molecule has 0 fully saturated rings. The molecule has 0 spiro atoms. The lowest BCUT2D eigenvalue weighted by Crippen LogP contribution is -2.36. The summed E-state index contributed by atoms with van der Waals surface area (Å²) in [6.07, 6.45) is 0. The monoisotopic (exact) mass is 331 g/mol. The molecule has 0 aromatic heterocycles. The lowest BCUT2D eigenvalue weighted by molar-refractivity contribution is 0.0212. The first-order valence-electron chi connectivity index (χ1n) is 8.03. The van der Waals surface area contributed by atoms with Crippen LogP contribution in [0.4, 0.5) is 5.69 Å². The van der Waals surface area contributed by atoms with Gasteiger partial charge in [-0.25, -0.2) is 4.79 Å². The number of hydrogen-bond donors (Lipinski definition) is 1. The fourth-order valence-corrected chi connectivity index (χ4v) is 3.15. The van der Waals surface area contributed by atoms with Gasteiger partial charge in [-0.1, -0.05) is 48.5 Å². The second kappa shape index (κ2) is 5.98. The number of rotatable bonds is 4. The van der Waals surface area contributed by atoms with Crippen LogP contribution in [-0.4, -0.2) is 13.1 Å². The van der Waals surface area contributed by atoms with Crippen LogP contribution >= 0.6 is 0 Å². The van der Waals surface area contributed by atoms with Gasteiger partial charge in [0, 0.05) is 16.8 Å². The van der Waals surface area contributed by atoms with Gasteiger partial charge in [0.25, 0.3) is 0 Å². The maximum absolute atomic E-state index is 12.5. The van der Waals surface area contributed by atoms with E-state index in [1.54, 1.807) is 13.2 Å². The molecular weight excluding hydrogens is 314 g/mol. The number of carbonyl (C=O) groups is 1. The Labute approximate surface area is 146 Å². The molecule has 1 aliphatic rings. The molecule has 3 aromatic rings. The van der Waals surface area contributed by atoms with E-state index in [1.165, 1.54) is 0 Å². The van der Waals surface area contributed by atoms with Crippen LogP contribution in [0.15, 0.2) is 78.9 Å². The van der Waals surface area contributed by atoms with Gasteiger partial charge in [0.1, 0.15) is 5.75 Å². The summed E-state index contributed by atoms with van der Waals surface area (Å²) >= 11 is 0. The molecule has 0 bridgehead atoms. The van der Waals surface area contributed by atoms with Gasteiger partial charge in [0.15, 0.2) is 0 Å². The molecule has 1 aliphatic heterocycles. The molecule has 1 atom stereocenters. The second-order valence-electron chi connectivity index (χ2n) is 5.84. The van der Waals surface area contributed by atoms with Gasteiger partial charge in [0.05, 0.1) is 12.7 Å². The summed E-state index contributed by atoms with van der Waals surface area (Å²) in [5.74, 6) is 0.434. The van der Waals surface area contributed by atoms with Gasteiger partial charge in [-0.05, 0) is 30.3 Å². The molecule has 4 heteroatoms. The smallest absolute Gasteiger partial charge is 0.341 e. The molecule has 124 valence electrons. The predicted octanol–water partition coefficient (Wildman–Crippen LogP) is 4.18. The molecule has 0 amide bonds. The Bertz CT molecular complexity index is 906. The highest BCUT2D eigenvalue weighted by Crippen LogP contribution is 2.42. The number of carbonyl (C=O) groups excluding carboxylic acids is 1. The summed E-state index contributed by atoms with van der Waals surface area (Å²) in [4.78, 5) is 12.5. The van der Waals surface area contributed by atoms with E-state index >= 15 is 0 Å². The third-order valence-electron chi connectivity index (χ3n) is 4.36. The van der Waals surface area contributed by atoms with E-state index in [0.717, 1.165) is 22.6 Å². The minimum Gasteiger partial charge on any atom is -0.497 e. The standard InChI is InChI=1S/C21H17NO3/c1-24-17-13-11-16(12-14-17)22-21(15-7-3-2-4-8-15)19-10-6-5-9-18(19)20(23)25-21/h2-14,22H,1H3/t21-/m0/s1. The van der Waals surface area contributed by atoms with Gasteiger partial charge in [-0.2, -0.15) is 0 Å². The SMILES string of the molecule is COc1ccc(N[C@@]2(c3ccccc3)OC(=O)c3ccccc32)cc1. The zero-order valence-corrected chi connectivity index (χ0v) is 13.7. The van der Waals surface area contributed by atoms with Gasteiger partial charge in [-0.15, -0.1) is 0 Å². The zero-order chi connectivity index (χ0) is 17.3. The third-order valence-corrected chi connectivity index (χ3v) is 4.36. The Hall–Kier alpha value is -3.27. The first-order valence-corrected chi connectivity index (χ1v) is 8.03. The van der Waals surface area contributed by atoms with Crippen molar-refractivity contribution in [3.63, 3.8) is 0 Å². The Morgan fingerprint density at radius 3 is 2.28 bits per heavy atom. The minimum absolute atomic E-state index is 0.333. The van der Waals surface area contributed by atoms with E-state index in [-0.39, 0.29) is 5.97 Å². The Kier molecular flexibility index (Phi) is 3.65. The maximum Gasteiger partial charge on any atom is 0.341 e. The van der Waals surface area contributed by atoms with E-state index in [4.69, 9.17) is 9.47 Å². The number of esters is 1. The first kappa shape index (κ1) is 15.3. The molecule has 0 radical (unpaired) electrons. The van der Waals surface area contributed by atoms with Crippen LogP contribution in [0, 0.1) is 0 Å². The van der Waals surface area contributed by atoms with Crippen molar-refractivity contribution in [1.82, 2.24) is 0 Å². The van der Waals surface area contributed by atoms with Crippen LogP contribution in [0.5, 0.6) is 5.75 Å². The van der Waals surface area contributed by atoms with Crippen molar-refractivity contribution in [3.05, 3.63) is 95.6 Å². The van der Waals surface area contributed by atoms with E-state index in [9.17, 15) is 4.79 Å². The molecule has 1 N–H and O–H groups in total. The number of methoxy groups -OCH3 is 1. The fourth-order valence-electron chi connectivity index (χ4n) is 3.15. The second-order valence-corrected chi connectivity index (χ2v) is 5.84. The summed E-state index contributed by atoms with van der Waals surface area (Å²) in [5, 5.41) is 3.41. The van der Waals surface area contributed by atoms with E-state index < -0.39 is 5.72 Å². The molecule has 3 aromatic carbocycles. The lowest BCUT2D eigenvalue weighted by Gasteiger charge is -2.31. The fraction of sp³-hybridized carbons (Fsp3) is 0.0952. The number of nitrogens with one attached hydrogen (secondary N) is 1. The minimum atomic E-state index is -1.05. The number of ether oxygens (including phenoxy) is 2. The van der Waals surface area contributed by atoms with Crippen LogP contribution < -0.4 is 10.1 Å². The number of benzene rings is 3. The normalized spacial score (nSPS) is 18.4. The number of fused-ring (bicyclic) bond motifs is 1. The quantitative estimate of drug-likeness (QED) is 0.729. The largest absolute Gasteiger partial charge is 0.497 e. The van der Waals surface area contributed by atoms with Crippen molar-refractivity contribution < 1.29 is 14.3 Å². The summed E-state index contributed by atoms with van der Waals surface area (Å²) in [5.41, 5.74) is 2.02. The van der Waals surface area contributed by atoms with Crippen LogP contribution in [0.2, 0.25) is 0 Å². The topological polar surface area (TPSA) is 47.6 Å². The van der Waals surface area contributed by atoms with Crippen molar-refractivity contribution in [1.29, 1.82) is 0 Å². The van der Waals surface area contributed by atoms with Crippen molar-refractivity contribution in [2.24, 2.45) is 0 Å². The van der Waals surface area contributed by atoms with E-state index in [2.05, 4.69) is 5.32 Å². The highest BCUT2D eigenvalue weighted by molar-refractivity contribution is 5.96. The first-order chi connectivity index (χ1) is 12.2. The Morgan fingerprint density at radius 2 is 1.56 bits per heavy atom. The molecule has 4 nitrogen and oxygen atoms in total. The molecular formula is C21H17NO3. The van der Waals surface area contributed by atoms with Crippen LogP contribution in [0.1, 0.15) is 21.5 Å². The summed E-state index contributed by atoms with van der Waals surface area (Å²) in [6.45, 7) is 0. The lowest BCUT2D eigenvalue weighted by atomic mass is 9.92. The molecule has 0 saturated heterocycles. The van der Waals surface area contributed by atoms with Crippen LogP contribution in [0.3, 0.4) is 0 Å². The summed E-state index contributed by atoms with van der Waals surface area (Å²) in [7, 11) is 1.63. The van der Waals surface area contributed by atoms with Crippen molar-refractivity contribution in [3.8, 4) is 5.75 Å². The van der Waals surface area contributed by atoms with Crippen molar-refractivity contribution in [2.75, 3.05) is 12.4 Å². The zero-order valence-electron chi connectivity index (χ0n) is 13.7. The highest BCUT2D eigenvalue weighted by Gasteiger charge is 2.47. The van der Waals surface area contributed by atoms with Gasteiger partial charge in [0.2, 0.25) is 5.72 Å². The predicted molar refractivity (Wildman–Crippen MR) is 95.7 cm³/mol. The Balaban J connectivity index is 1.85. The molecule has 0 unspecified atom stereocenters. The average molecular weight is 331 g/mol. The van der Waals surface area contributed by atoms with Crippen molar-refractivity contribution in [2.45, 2.75) is 5.72 Å². The van der Waals surface area contributed by atoms with Crippen LogP contribution in [-0.2, 0) is 10.5 Å². The Morgan fingerprint density at radius 1 is 0.880 bits per heavy atom. The van der Waals surface area contributed by atoms with Crippen molar-refractivity contribution >= 4 is 11.7 Å². The maximum atomic E-state index is 12.5. The highest BCUT2D eigenvalue weighted by atomic mass is 16.6. The average Bonchev–Trinajstić information content (AvgIpc) is 2.96. The van der Waals surface area contributed by atoms with E-state index in [0.29, 0.717) is 5.56 Å². The number of cyclic esters (lactones) is 1. The van der Waals surface area contributed by atoms with Gasteiger partial charge in [-0.3, -0.25) is 0 Å². The number of anilines is 1. The molecule has 4 rings (SSSR count). The molecule has 1 heterocycles. The third kappa shape index (κ3) is 2.52. The summed E-state index contributed by atoms with van der Waals surface area (Å²) in [6, 6.07) is 24.7. The van der Waals surface area contributed by atoms with Gasteiger partial charge >= 0.3 is 5.97 Å².